The fourth-order valence-electron chi connectivity index (χ4n) is 2.10. The first kappa shape index (κ1) is 14.0. The van der Waals surface area contributed by atoms with Crippen molar-refractivity contribution in [1.29, 1.82) is 0 Å². The van der Waals surface area contributed by atoms with E-state index in [0.717, 1.165) is 37.2 Å². The second kappa shape index (κ2) is 7.23. The molecule has 0 bridgehead atoms. The molecule has 0 aromatic heterocycles. The predicted molar refractivity (Wildman–Crippen MR) is 73.9 cm³/mol. The maximum Gasteiger partial charge on any atom is 0.265 e. The molecule has 1 aliphatic heterocycles. The van der Waals surface area contributed by atoms with Gasteiger partial charge < -0.3 is 10.1 Å². The van der Waals surface area contributed by atoms with Crippen LogP contribution in [-0.4, -0.2) is 50.8 Å². The zero-order valence-corrected chi connectivity index (χ0v) is 11.3. The first-order valence-corrected chi connectivity index (χ1v) is 6.67. The number of benzene rings is 1. The van der Waals surface area contributed by atoms with Gasteiger partial charge in [-0.1, -0.05) is 18.2 Å². The molecule has 1 amide bonds. The van der Waals surface area contributed by atoms with Gasteiger partial charge in [0.15, 0.2) is 0 Å². The zero-order valence-electron chi connectivity index (χ0n) is 11.3. The minimum absolute atomic E-state index is 0.0337. The van der Waals surface area contributed by atoms with Crippen LogP contribution in [0.5, 0.6) is 0 Å². The molecule has 0 radical (unpaired) electrons. The molecule has 1 aliphatic rings. The first-order valence-electron chi connectivity index (χ1n) is 6.67. The Bertz CT molecular complexity index is 417. The standard InChI is InChI=1S/C14H21N3O2/c1-15-7-6-12-4-2-3-5-13(12)14(18)16-17-8-10-19-11-9-17/h2-5,15H,6-11H2,1H3,(H,16,18). The second-order valence-corrected chi connectivity index (χ2v) is 4.55. The molecule has 1 heterocycles. The number of carbonyl (C=O) groups excluding carboxylic acids is 1. The molecule has 1 aromatic carbocycles. The van der Waals surface area contributed by atoms with Crippen LogP contribution < -0.4 is 10.7 Å². The molecule has 19 heavy (non-hydrogen) atoms. The third-order valence-electron chi connectivity index (χ3n) is 3.18. The molecule has 1 fully saturated rings. The van der Waals surface area contributed by atoms with Crippen molar-refractivity contribution in [1.82, 2.24) is 15.8 Å². The summed E-state index contributed by atoms with van der Waals surface area (Å²) in [4.78, 5) is 12.3. The number of hydrogen-bond donors (Lipinski definition) is 2. The van der Waals surface area contributed by atoms with Gasteiger partial charge in [-0.25, -0.2) is 5.01 Å². The van der Waals surface area contributed by atoms with Crippen molar-refractivity contribution >= 4 is 5.91 Å². The van der Waals surface area contributed by atoms with E-state index in [0.29, 0.717) is 13.2 Å². The van der Waals surface area contributed by atoms with Gasteiger partial charge in [0.2, 0.25) is 0 Å². The Hall–Kier alpha value is -1.43. The third-order valence-corrected chi connectivity index (χ3v) is 3.18. The highest BCUT2D eigenvalue weighted by atomic mass is 16.5. The maximum absolute atomic E-state index is 12.3. The van der Waals surface area contributed by atoms with Crippen LogP contribution >= 0.6 is 0 Å². The average Bonchev–Trinajstić information content (AvgIpc) is 2.46. The number of nitrogens with zero attached hydrogens (tertiary/aromatic N) is 1. The van der Waals surface area contributed by atoms with Crippen LogP contribution in [0.15, 0.2) is 24.3 Å². The van der Waals surface area contributed by atoms with Crippen LogP contribution in [0.3, 0.4) is 0 Å². The second-order valence-electron chi connectivity index (χ2n) is 4.55. The van der Waals surface area contributed by atoms with Gasteiger partial charge in [0, 0.05) is 18.7 Å². The Kier molecular flexibility index (Phi) is 5.32. The lowest BCUT2D eigenvalue weighted by Crippen LogP contribution is -2.48. The van der Waals surface area contributed by atoms with Crippen molar-refractivity contribution in [3.63, 3.8) is 0 Å². The lowest BCUT2D eigenvalue weighted by atomic mass is 10.0. The van der Waals surface area contributed by atoms with E-state index in [9.17, 15) is 4.79 Å². The summed E-state index contributed by atoms with van der Waals surface area (Å²) in [5.74, 6) is -0.0337. The van der Waals surface area contributed by atoms with Gasteiger partial charge in [0.05, 0.1) is 13.2 Å². The number of ether oxygens (including phenoxy) is 1. The summed E-state index contributed by atoms with van der Waals surface area (Å²) in [7, 11) is 1.91. The number of rotatable bonds is 5. The van der Waals surface area contributed by atoms with Gasteiger partial charge in [0.1, 0.15) is 0 Å². The molecule has 0 aliphatic carbocycles. The molecule has 104 valence electrons. The first-order chi connectivity index (χ1) is 9.31. The van der Waals surface area contributed by atoms with Crippen LogP contribution in [-0.2, 0) is 11.2 Å². The number of amides is 1. The minimum Gasteiger partial charge on any atom is -0.379 e. The van der Waals surface area contributed by atoms with Gasteiger partial charge in [-0.05, 0) is 31.6 Å². The smallest absolute Gasteiger partial charge is 0.265 e. The molecule has 2 rings (SSSR count). The van der Waals surface area contributed by atoms with E-state index >= 15 is 0 Å². The van der Waals surface area contributed by atoms with Crippen LogP contribution in [0.2, 0.25) is 0 Å². The molecule has 1 saturated heterocycles. The van der Waals surface area contributed by atoms with Gasteiger partial charge in [-0.3, -0.25) is 10.2 Å². The number of nitrogens with one attached hydrogen (secondary N) is 2. The van der Waals surface area contributed by atoms with Crippen LogP contribution in [0, 0.1) is 0 Å². The monoisotopic (exact) mass is 263 g/mol. The number of hydrazine groups is 1. The fraction of sp³-hybridized carbons (Fsp3) is 0.500. The van der Waals surface area contributed by atoms with Gasteiger partial charge in [-0.2, -0.15) is 0 Å². The summed E-state index contributed by atoms with van der Waals surface area (Å²) in [6, 6.07) is 7.75. The quantitative estimate of drug-likeness (QED) is 0.809. The SMILES string of the molecule is CNCCc1ccccc1C(=O)NN1CCOCC1. The third kappa shape index (κ3) is 4.02. The zero-order chi connectivity index (χ0) is 13.5. The van der Waals surface area contributed by atoms with Crippen molar-refractivity contribution in [2.45, 2.75) is 6.42 Å². The van der Waals surface area contributed by atoms with Crippen LogP contribution in [0.1, 0.15) is 15.9 Å². The van der Waals surface area contributed by atoms with Crippen molar-refractivity contribution in [2.75, 3.05) is 39.9 Å². The lowest BCUT2D eigenvalue weighted by Gasteiger charge is -2.27. The Labute approximate surface area is 113 Å². The molecule has 1 aromatic rings. The Morgan fingerprint density at radius 1 is 1.32 bits per heavy atom. The minimum atomic E-state index is -0.0337. The van der Waals surface area contributed by atoms with E-state index < -0.39 is 0 Å². The summed E-state index contributed by atoms with van der Waals surface area (Å²) in [6.45, 7) is 3.68. The summed E-state index contributed by atoms with van der Waals surface area (Å²) in [5.41, 5.74) is 4.77. The molecule has 0 spiro atoms. The lowest BCUT2D eigenvalue weighted by molar-refractivity contribution is 0.0126. The molecular weight excluding hydrogens is 242 g/mol. The Morgan fingerprint density at radius 2 is 2.05 bits per heavy atom. The summed E-state index contributed by atoms with van der Waals surface area (Å²) in [6.07, 6.45) is 0.850. The van der Waals surface area contributed by atoms with Crippen molar-refractivity contribution < 1.29 is 9.53 Å². The normalized spacial score (nSPS) is 16.3. The molecule has 5 heteroatoms. The average molecular weight is 263 g/mol. The van der Waals surface area contributed by atoms with E-state index in [-0.39, 0.29) is 5.91 Å². The van der Waals surface area contributed by atoms with Gasteiger partial charge in [-0.15, -0.1) is 0 Å². The highest BCUT2D eigenvalue weighted by Gasteiger charge is 2.16. The van der Waals surface area contributed by atoms with Crippen molar-refractivity contribution in [3.05, 3.63) is 35.4 Å². The Balaban J connectivity index is 2.00. The Morgan fingerprint density at radius 3 is 2.79 bits per heavy atom. The molecule has 0 saturated carbocycles. The van der Waals surface area contributed by atoms with E-state index in [4.69, 9.17) is 4.74 Å². The highest BCUT2D eigenvalue weighted by Crippen LogP contribution is 2.09. The number of hydrogen-bond acceptors (Lipinski definition) is 4. The molecule has 0 atom stereocenters. The van der Waals surface area contributed by atoms with E-state index in [1.807, 2.05) is 36.3 Å². The fourth-order valence-corrected chi connectivity index (χ4v) is 2.10. The summed E-state index contributed by atoms with van der Waals surface area (Å²) < 4.78 is 5.26. The maximum atomic E-state index is 12.3. The van der Waals surface area contributed by atoms with Crippen LogP contribution in [0.25, 0.3) is 0 Å². The molecule has 0 unspecified atom stereocenters. The molecular formula is C14H21N3O2. The topological polar surface area (TPSA) is 53.6 Å². The highest BCUT2D eigenvalue weighted by molar-refractivity contribution is 5.95. The summed E-state index contributed by atoms with van der Waals surface area (Å²) >= 11 is 0. The van der Waals surface area contributed by atoms with Crippen molar-refractivity contribution in [2.24, 2.45) is 0 Å². The van der Waals surface area contributed by atoms with E-state index in [1.54, 1.807) is 0 Å². The van der Waals surface area contributed by atoms with Gasteiger partial charge >= 0.3 is 0 Å². The largest absolute Gasteiger partial charge is 0.379 e. The summed E-state index contributed by atoms with van der Waals surface area (Å²) in [5, 5.41) is 5.02. The van der Waals surface area contributed by atoms with E-state index in [2.05, 4.69) is 10.7 Å². The number of morpholine rings is 1. The van der Waals surface area contributed by atoms with E-state index in [1.165, 1.54) is 0 Å². The van der Waals surface area contributed by atoms with Crippen LogP contribution in [0.4, 0.5) is 0 Å². The van der Waals surface area contributed by atoms with Crippen molar-refractivity contribution in [3.8, 4) is 0 Å². The number of carbonyl (C=O) groups is 1. The predicted octanol–water partition coefficient (Wildman–Crippen LogP) is 0.426. The van der Waals surface area contributed by atoms with Gasteiger partial charge in [0.25, 0.3) is 5.91 Å². The molecule has 5 nitrogen and oxygen atoms in total. The number of likely N-dealkylation sites (N-methyl/N-ethyl adjacent to an activating group) is 1. The molecule has 2 N–H and O–H groups in total.